The van der Waals surface area contributed by atoms with E-state index in [0.29, 0.717) is 19.6 Å². The van der Waals surface area contributed by atoms with Gasteiger partial charge in [-0.05, 0) is 48.4 Å². The molecule has 4 aromatic rings. The Bertz CT molecular complexity index is 1120. The second-order valence-electron chi connectivity index (χ2n) is 7.03. The Hall–Kier alpha value is -3.60. The van der Waals surface area contributed by atoms with E-state index in [1.165, 1.54) is 5.56 Å². The summed E-state index contributed by atoms with van der Waals surface area (Å²) in [6.07, 6.45) is 2.19. The normalized spacial score (nSPS) is 10.8. The summed E-state index contributed by atoms with van der Waals surface area (Å²) in [5, 5.41) is 8.45. The first-order valence-electron chi connectivity index (χ1n) is 9.66. The van der Waals surface area contributed by atoms with Crippen molar-refractivity contribution in [1.29, 1.82) is 0 Å². The molecular weight excluding hydrogens is 362 g/mol. The van der Waals surface area contributed by atoms with Crippen molar-refractivity contribution in [3.63, 3.8) is 0 Å². The summed E-state index contributed by atoms with van der Waals surface area (Å²) in [5.74, 6) is 0.783. The van der Waals surface area contributed by atoms with E-state index in [2.05, 4.69) is 35.5 Å². The minimum absolute atomic E-state index is 0.0394. The van der Waals surface area contributed by atoms with Gasteiger partial charge in [-0.3, -0.25) is 9.48 Å². The first-order valence-corrected chi connectivity index (χ1v) is 9.66. The molecule has 5 nitrogen and oxygen atoms in total. The lowest BCUT2D eigenvalue weighted by Crippen LogP contribution is -2.15. The molecule has 0 saturated carbocycles. The Morgan fingerprint density at radius 3 is 2.76 bits per heavy atom. The van der Waals surface area contributed by atoms with Crippen LogP contribution in [0.2, 0.25) is 0 Å². The first kappa shape index (κ1) is 18.7. The number of rotatable bonds is 7. The molecule has 0 saturated heterocycles. The number of carbonyl (C=O) groups is 1. The van der Waals surface area contributed by atoms with Crippen molar-refractivity contribution in [2.75, 3.05) is 5.32 Å². The van der Waals surface area contributed by atoms with Gasteiger partial charge in [0.25, 0.3) is 0 Å². The lowest BCUT2D eigenvalue weighted by molar-refractivity contribution is -0.116. The molecule has 29 heavy (non-hydrogen) atoms. The Morgan fingerprint density at radius 1 is 1.03 bits per heavy atom. The van der Waals surface area contributed by atoms with Crippen molar-refractivity contribution in [2.45, 2.75) is 26.5 Å². The smallest absolute Gasteiger partial charge is 0.226 e. The summed E-state index contributed by atoms with van der Waals surface area (Å²) in [6, 6.07) is 23.6. The van der Waals surface area contributed by atoms with Gasteiger partial charge in [0.1, 0.15) is 12.4 Å². The third kappa shape index (κ3) is 4.82. The van der Waals surface area contributed by atoms with Crippen molar-refractivity contribution < 1.29 is 9.53 Å². The number of hydrogen-bond acceptors (Lipinski definition) is 3. The van der Waals surface area contributed by atoms with Crippen LogP contribution in [0.5, 0.6) is 5.75 Å². The van der Waals surface area contributed by atoms with Crippen molar-refractivity contribution in [1.82, 2.24) is 9.78 Å². The molecule has 0 aliphatic rings. The van der Waals surface area contributed by atoms with E-state index in [9.17, 15) is 4.79 Å². The predicted octanol–water partition coefficient (Wildman–Crippen LogP) is 4.95. The fourth-order valence-electron chi connectivity index (χ4n) is 3.21. The van der Waals surface area contributed by atoms with Crippen molar-refractivity contribution >= 4 is 22.5 Å². The molecule has 1 aromatic heterocycles. The molecule has 0 spiro atoms. The van der Waals surface area contributed by atoms with E-state index in [1.54, 1.807) is 0 Å². The van der Waals surface area contributed by atoms with E-state index >= 15 is 0 Å². The van der Waals surface area contributed by atoms with E-state index in [-0.39, 0.29) is 5.91 Å². The summed E-state index contributed by atoms with van der Waals surface area (Å²) < 4.78 is 7.66. The third-order valence-electron chi connectivity index (χ3n) is 4.71. The van der Waals surface area contributed by atoms with Crippen molar-refractivity contribution in [3.05, 3.63) is 90.1 Å². The van der Waals surface area contributed by atoms with Gasteiger partial charge in [-0.25, -0.2) is 0 Å². The third-order valence-corrected chi connectivity index (χ3v) is 4.71. The number of para-hydroxylation sites is 1. The standard InChI is InChI=1S/C24H23N3O2/c1-18-10-11-20-16-25-27(23(20)14-18)13-12-24(28)26-21-7-5-6-19(15-21)17-29-22-8-3-2-4-9-22/h2-11,14-16H,12-13,17H2,1H3,(H,26,28). The molecule has 1 N–H and O–H groups in total. The SMILES string of the molecule is Cc1ccc2cnn(CCC(=O)Nc3cccc(COc4ccccc4)c3)c2c1. The number of amides is 1. The van der Waals surface area contributed by atoms with E-state index in [4.69, 9.17) is 4.74 Å². The van der Waals surface area contributed by atoms with Crippen LogP contribution in [0.1, 0.15) is 17.5 Å². The number of benzene rings is 3. The maximum atomic E-state index is 12.4. The maximum absolute atomic E-state index is 12.4. The molecular formula is C24H23N3O2. The zero-order valence-electron chi connectivity index (χ0n) is 16.3. The number of aromatic nitrogens is 2. The quantitative estimate of drug-likeness (QED) is 0.490. The van der Waals surface area contributed by atoms with Crippen LogP contribution < -0.4 is 10.1 Å². The van der Waals surface area contributed by atoms with Crippen LogP contribution in [0.25, 0.3) is 10.9 Å². The minimum Gasteiger partial charge on any atom is -0.489 e. The van der Waals surface area contributed by atoms with E-state index in [0.717, 1.165) is 27.9 Å². The topological polar surface area (TPSA) is 56.2 Å². The highest BCUT2D eigenvalue weighted by molar-refractivity contribution is 5.90. The zero-order valence-corrected chi connectivity index (χ0v) is 16.3. The molecule has 0 atom stereocenters. The number of aryl methyl sites for hydroxylation is 2. The highest BCUT2D eigenvalue weighted by Gasteiger charge is 2.07. The summed E-state index contributed by atoms with van der Waals surface area (Å²) >= 11 is 0. The molecule has 1 heterocycles. The largest absolute Gasteiger partial charge is 0.489 e. The van der Waals surface area contributed by atoms with Crippen LogP contribution in [-0.4, -0.2) is 15.7 Å². The van der Waals surface area contributed by atoms with Crippen LogP contribution in [0.15, 0.2) is 79.0 Å². The van der Waals surface area contributed by atoms with Crippen LogP contribution in [0, 0.1) is 6.92 Å². The number of nitrogens with zero attached hydrogens (tertiary/aromatic N) is 2. The van der Waals surface area contributed by atoms with Crippen LogP contribution in [0.3, 0.4) is 0 Å². The lowest BCUT2D eigenvalue weighted by Gasteiger charge is -2.09. The minimum atomic E-state index is -0.0394. The Labute approximate surface area is 169 Å². The predicted molar refractivity (Wildman–Crippen MR) is 115 cm³/mol. The molecule has 146 valence electrons. The van der Waals surface area contributed by atoms with Gasteiger partial charge in [-0.2, -0.15) is 5.10 Å². The lowest BCUT2D eigenvalue weighted by atomic mass is 10.2. The summed E-state index contributed by atoms with van der Waals surface area (Å²) in [7, 11) is 0. The molecule has 1 amide bonds. The summed E-state index contributed by atoms with van der Waals surface area (Å²) in [4.78, 5) is 12.4. The fourth-order valence-corrected chi connectivity index (χ4v) is 3.21. The van der Waals surface area contributed by atoms with Crippen LogP contribution in [-0.2, 0) is 17.9 Å². The Kier molecular flexibility index (Phi) is 5.56. The highest BCUT2D eigenvalue weighted by Crippen LogP contribution is 2.17. The fraction of sp³-hybridized carbons (Fsp3) is 0.167. The Balaban J connectivity index is 1.34. The zero-order chi connectivity index (χ0) is 20.1. The van der Waals surface area contributed by atoms with Crippen molar-refractivity contribution in [2.24, 2.45) is 0 Å². The molecule has 4 rings (SSSR count). The summed E-state index contributed by atoms with van der Waals surface area (Å²) in [6.45, 7) is 3.04. The average molecular weight is 385 g/mol. The van der Waals surface area contributed by atoms with E-state index in [1.807, 2.05) is 65.5 Å². The van der Waals surface area contributed by atoms with Gasteiger partial charge in [-0.15, -0.1) is 0 Å². The molecule has 0 aliphatic carbocycles. The van der Waals surface area contributed by atoms with Crippen molar-refractivity contribution in [3.8, 4) is 5.75 Å². The molecule has 0 aliphatic heterocycles. The van der Waals surface area contributed by atoms with Gasteiger partial charge >= 0.3 is 0 Å². The van der Waals surface area contributed by atoms with Gasteiger partial charge in [0.05, 0.1) is 18.3 Å². The van der Waals surface area contributed by atoms with E-state index < -0.39 is 0 Å². The average Bonchev–Trinajstić information content (AvgIpc) is 3.14. The highest BCUT2D eigenvalue weighted by atomic mass is 16.5. The number of carbonyl (C=O) groups excluding carboxylic acids is 1. The van der Waals surface area contributed by atoms with Gasteiger partial charge in [0.2, 0.25) is 5.91 Å². The second kappa shape index (κ2) is 8.61. The maximum Gasteiger partial charge on any atom is 0.226 e. The number of fused-ring (bicyclic) bond motifs is 1. The van der Waals surface area contributed by atoms with Crippen LogP contribution in [0.4, 0.5) is 5.69 Å². The summed E-state index contributed by atoms with van der Waals surface area (Å²) in [5.41, 5.74) is 4.00. The van der Waals surface area contributed by atoms with Gasteiger partial charge in [-0.1, -0.05) is 42.5 Å². The second-order valence-corrected chi connectivity index (χ2v) is 7.03. The molecule has 0 bridgehead atoms. The first-order chi connectivity index (χ1) is 14.2. The Morgan fingerprint density at radius 2 is 1.90 bits per heavy atom. The molecule has 0 radical (unpaired) electrons. The van der Waals surface area contributed by atoms with Gasteiger partial charge < -0.3 is 10.1 Å². The monoisotopic (exact) mass is 385 g/mol. The molecule has 5 heteroatoms. The molecule has 3 aromatic carbocycles. The molecule has 0 unspecified atom stereocenters. The van der Waals surface area contributed by atoms with Crippen LogP contribution >= 0.6 is 0 Å². The number of nitrogens with one attached hydrogen (secondary N) is 1. The number of ether oxygens (including phenoxy) is 1. The number of anilines is 1. The number of hydrogen-bond donors (Lipinski definition) is 1. The van der Waals surface area contributed by atoms with Gasteiger partial charge in [0, 0.05) is 17.5 Å². The van der Waals surface area contributed by atoms with Gasteiger partial charge in [0.15, 0.2) is 0 Å². The molecule has 0 fully saturated rings.